The second-order valence-corrected chi connectivity index (χ2v) is 8.04. The van der Waals surface area contributed by atoms with Gasteiger partial charge in [0.2, 0.25) is 6.79 Å². The Morgan fingerprint density at radius 3 is 2.69 bits per heavy atom. The van der Waals surface area contributed by atoms with Crippen LogP contribution in [-0.4, -0.2) is 12.5 Å². The van der Waals surface area contributed by atoms with E-state index in [1.807, 2.05) is 18.2 Å². The van der Waals surface area contributed by atoms with E-state index in [4.69, 9.17) is 14.6 Å². The molecule has 1 unspecified atom stereocenters. The molecule has 6 heteroatoms. The van der Waals surface area contributed by atoms with Crippen LogP contribution in [0.1, 0.15) is 22.9 Å². The lowest BCUT2D eigenvalue weighted by atomic mass is 10.0. The molecule has 130 valence electrons. The van der Waals surface area contributed by atoms with Crippen LogP contribution in [0.25, 0.3) is 0 Å². The van der Waals surface area contributed by atoms with Crippen molar-refractivity contribution in [3.63, 3.8) is 0 Å². The van der Waals surface area contributed by atoms with Gasteiger partial charge in [0.1, 0.15) is 0 Å². The number of anilines is 1. The highest BCUT2D eigenvalue weighted by Gasteiger charge is 2.31. The summed E-state index contributed by atoms with van der Waals surface area (Å²) in [5, 5.41) is 9.16. The molecule has 1 atom stereocenters. The maximum Gasteiger partial charge on any atom is 0.231 e. The maximum absolute atomic E-state index is 5.57. The van der Waals surface area contributed by atoms with Crippen molar-refractivity contribution >= 4 is 38.7 Å². The lowest BCUT2D eigenvalue weighted by molar-refractivity contribution is 0.174. The zero-order chi connectivity index (χ0) is 17.5. The Hall–Kier alpha value is -2.31. The molecule has 3 aromatic rings. The fraction of sp³-hybridized carbons (Fsp3) is 0.150. The van der Waals surface area contributed by atoms with Gasteiger partial charge in [0.05, 0.1) is 22.3 Å². The standard InChI is InChI=1S/C20H15BrN2O2S/c21-14-4-6-15(7-5-14)23-17(11-16(22-23)20-2-1-9-26-20)13-3-8-18-19(10-13)25-12-24-18/h1-10,17H,11-12H2. The lowest BCUT2D eigenvalue weighted by Crippen LogP contribution is -2.18. The molecule has 2 aliphatic rings. The molecular weight excluding hydrogens is 412 g/mol. The van der Waals surface area contributed by atoms with Crippen LogP contribution in [0.3, 0.4) is 0 Å². The Morgan fingerprint density at radius 1 is 1.04 bits per heavy atom. The molecule has 0 N–H and O–H groups in total. The summed E-state index contributed by atoms with van der Waals surface area (Å²) in [6.45, 7) is 0.289. The summed E-state index contributed by atoms with van der Waals surface area (Å²) in [6, 6.07) is 18.8. The molecule has 2 aliphatic heterocycles. The van der Waals surface area contributed by atoms with Gasteiger partial charge in [0, 0.05) is 10.9 Å². The fourth-order valence-electron chi connectivity index (χ4n) is 3.31. The summed E-state index contributed by atoms with van der Waals surface area (Å²) < 4.78 is 12.1. The Kier molecular flexibility index (Phi) is 3.94. The number of hydrogen-bond acceptors (Lipinski definition) is 5. The van der Waals surface area contributed by atoms with Gasteiger partial charge in [-0.2, -0.15) is 5.10 Å². The van der Waals surface area contributed by atoms with E-state index in [0.29, 0.717) is 0 Å². The SMILES string of the molecule is Brc1ccc(N2N=C(c3cccs3)CC2c2ccc3c(c2)OCO3)cc1. The molecule has 0 saturated heterocycles. The van der Waals surface area contributed by atoms with Gasteiger partial charge in [-0.1, -0.05) is 28.1 Å². The number of benzene rings is 2. The van der Waals surface area contributed by atoms with Crippen LogP contribution in [0.15, 0.2) is 69.6 Å². The minimum absolute atomic E-state index is 0.128. The summed E-state index contributed by atoms with van der Waals surface area (Å²) >= 11 is 5.24. The van der Waals surface area contributed by atoms with Crippen molar-refractivity contribution in [1.29, 1.82) is 0 Å². The first-order valence-electron chi connectivity index (χ1n) is 8.34. The minimum atomic E-state index is 0.128. The van der Waals surface area contributed by atoms with Crippen LogP contribution in [0.4, 0.5) is 5.69 Å². The van der Waals surface area contributed by atoms with Gasteiger partial charge < -0.3 is 9.47 Å². The van der Waals surface area contributed by atoms with E-state index in [1.165, 1.54) is 10.4 Å². The molecule has 0 bridgehead atoms. The van der Waals surface area contributed by atoms with Gasteiger partial charge >= 0.3 is 0 Å². The Labute approximate surface area is 163 Å². The monoisotopic (exact) mass is 426 g/mol. The third-order valence-electron chi connectivity index (χ3n) is 4.59. The van der Waals surface area contributed by atoms with E-state index >= 15 is 0 Å². The Balaban J connectivity index is 1.55. The van der Waals surface area contributed by atoms with Gasteiger partial charge in [-0.25, -0.2) is 0 Å². The van der Waals surface area contributed by atoms with Crippen molar-refractivity contribution in [3.05, 3.63) is 74.9 Å². The largest absolute Gasteiger partial charge is 0.454 e. The average molecular weight is 427 g/mol. The molecular formula is C20H15BrN2O2S. The van der Waals surface area contributed by atoms with Crippen LogP contribution >= 0.6 is 27.3 Å². The van der Waals surface area contributed by atoms with E-state index < -0.39 is 0 Å². The van der Waals surface area contributed by atoms with Crippen molar-refractivity contribution in [2.45, 2.75) is 12.5 Å². The van der Waals surface area contributed by atoms with E-state index in [-0.39, 0.29) is 12.8 Å². The quantitative estimate of drug-likeness (QED) is 0.546. The molecule has 0 spiro atoms. The molecule has 5 rings (SSSR count). The maximum atomic E-state index is 5.57. The highest BCUT2D eigenvalue weighted by atomic mass is 79.9. The van der Waals surface area contributed by atoms with Crippen molar-refractivity contribution in [2.75, 3.05) is 11.8 Å². The van der Waals surface area contributed by atoms with E-state index in [1.54, 1.807) is 11.3 Å². The lowest BCUT2D eigenvalue weighted by Gasteiger charge is -2.24. The molecule has 0 amide bonds. The number of halogens is 1. The molecule has 0 saturated carbocycles. The van der Waals surface area contributed by atoms with Crippen LogP contribution in [0.5, 0.6) is 11.5 Å². The fourth-order valence-corrected chi connectivity index (χ4v) is 4.30. The minimum Gasteiger partial charge on any atom is -0.454 e. The predicted octanol–water partition coefficient (Wildman–Crippen LogP) is 5.60. The van der Waals surface area contributed by atoms with Crippen LogP contribution < -0.4 is 14.5 Å². The predicted molar refractivity (Wildman–Crippen MR) is 107 cm³/mol. The van der Waals surface area contributed by atoms with Crippen molar-refractivity contribution in [3.8, 4) is 11.5 Å². The van der Waals surface area contributed by atoms with Crippen LogP contribution in [0.2, 0.25) is 0 Å². The molecule has 4 nitrogen and oxygen atoms in total. The number of fused-ring (bicyclic) bond motifs is 1. The van der Waals surface area contributed by atoms with Gasteiger partial charge in [0.25, 0.3) is 0 Å². The molecule has 26 heavy (non-hydrogen) atoms. The number of nitrogens with zero attached hydrogens (tertiary/aromatic N) is 2. The van der Waals surface area contributed by atoms with Gasteiger partial charge in [-0.05, 0) is 53.4 Å². The summed E-state index contributed by atoms with van der Waals surface area (Å²) in [7, 11) is 0. The van der Waals surface area contributed by atoms with Crippen LogP contribution in [-0.2, 0) is 0 Å². The normalized spacial score (nSPS) is 18.3. The zero-order valence-electron chi connectivity index (χ0n) is 13.8. The second kappa shape index (κ2) is 6.45. The highest BCUT2D eigenvalue weighted by Crippen LogP contribution is 2.41. The number of hydrazone groups is 1. The van der Waals surface area contributed by atoms with E-state index in [0.717, 1.165) is 33.8 Å². The summed E-state index contributed by atoms with van der Waals surface area (Å²) in [5.74, 6) is 1.61. The summed E-state index contributed by atoms with van der Waals surface area (Å²) in [4.78, 5) is 1.22. The van der Waals surface area contributed by atoms with Crippen molar-refractivity contribution in [1.82, 2.24) is 0 Å². The van der Waals surface area contributed by atoms with Gasteiger partial charge in [-0.15, -0.1) is 11.3 Å². The third kappa shape index (κ3) is 2.79. The molecule has 3 heterocycles. The first-order valence-corrected chi connectivity index (χ1v) is 10.0. The third-order valence-corrected chi connectivity index (χ3v) is 6.04. The number of hydrogen-bond donors (Lipinski definition) is 0. The van der Waals surface area contributed by atoms with Gasteiger partial charge in [0.15, 0.2) is 11.5 Å². The molecule has 2 aromatic carbocycles. The zero-order valence-corrected chi connectivity index (χ0v) is 16.2. The molecule has 0 fully saturated rings. The number of thiophene rings is 1. The van der Waals surface area contributed by atoms with Gasteiger partial charge in [-0.3, -0.25) is 5.01 Å². The number of rotatable bonds is 3. The molecule has 0 radical (unpaired) electrons. The first-order chi connectivity index (χ1) is 12.8. The van der Waals surface area contributed by atoms with Crippen LogP contribution in [0, 0.1) is 0 Å². The van der Waals surface area contributed by atoms with E-state index in [9.17, 15) is 0 Å². The Morgan fingerprint density at radius 2 is 1.88 bits per heavy atom. The average Bonchev–Trinajstić information content (AvgIpc) is 3.40. The smallest absolute Gasteiger partial charge is 0.231 e. The molecule has 1 aromatic heterocycles. The molecule has 0 aliphatic carbocycles. The highest BCUT2D eigenvalue weighted by molar-refractivity contribution is 9.10. The summed E-state index contributed by atoms with van der Waals surface area (Å²) in [5.41, 5.74) is 3.36. The van der Waals surface area contributed by atoms with E-state index in [2.05, 4.69) is 62.7 Å². The van der Waals surface area contributed by atoms with Crippen molar-refractivity contribution in [2.24, 2.45) is 5.10 Å². The topological polar surface area (TPSA) is 34.1 Å². The first kappa shape index (κ1) is 15.9. The second-order valence-electron chi connectivity index (χ2n) is 6.18. The number of ether oxygens (including phenoxy) is 2. The Bertz CT molecular complexity index is 970. The van der Waals surface area contributed by atoms with Crippen molar-refractivity contribution < 1.29 is 9.47 Å². The summed E-state index contributed by atoms with van der Waals surface area (Å²) in [6.07, 6.45) is 0.857.